The van der Waals surface area contributed by atoms with Crippen molar-refractivity contribution < 1.29 is 19.1 Å². The lowest BCUT2D eigenvalue weighted by Gasteiger charge is -2.50. The lowest BCUT2D eigenvalue weighted by molar-refractivity contribution is -0.957. The van der Waals surface area contributed by atoms with Crippen molar-refractivity contribution >= 4 is 0 Å². The Morgan fingerprint density at radius 1 is 1.31 bits per heavy atom. The van der Waals surface area contributed by atoms with Crippen LogP contribution in [0.5, 0.6) is 0 Å². The van der Waals surface area contributed by atoms with E-state index in [1.54, 1.807) is 0 Å². The van der Waals surface area contributed by atoms with Gasteiger partial charge in [0.1, 0.15) is 39.4 Å². The average Bonchev–Trinajstić information content (AvgIpc) is 2.02. The van der Waals surface area contributed by atoms with Gasteiger partial charge in [-0.1, -0.05) is 0 Å². The van der Waals surface area contributed by atoms with Gasteiger partial charge >= 0.3 is 0 Å². The summed E-state index contributed by atoms with van der Waals surface area (Å²) in [6.07, 6.45) is 0. The first-order chi connectivity index (χ1) is 6.18. The molecule has 0 spiro atoms. The van der Waals surface area contributed by atoms with Gasteiger partial charge in [-0.2, -0.15) is 0 Å². The highest BCUT2D eigenvalue weighted by molar-refractivity contribution is 4.70. The van der Waals surface area contributed by atoms with Crippen LogP contribution in [0.4, 0.5) is 0 Å². The zero-order chi connectivity index (χ0) is 9.36. The Balaban J connectivity index is 2.10. The van der Waals surface area contributed by atoms with Crippen molar-refractivity contribution in [2.75, 3.05) is 46.0 Å². The van der Waals surface area contributed by atoms with Crippen molar-refractivity contribution in [2.24, 2.45) is 5.73 Å². The number of hydrogen-bond acceptors (Lipinski definition) is 4. The summed E-state index contributed by atoms with van der Waals surface area (Å²) in [5.41, 5.74) is 5.87. The van der Waals surface area contributed by atoms with Crippen molar-refractivity contribution in [3.63, 3.8) is 0 Å². The van der Waals surface area contributed by atoms with Crippen LogP contribution in [0.25, 0.3) is 0 Å². The van der Waals surface area contributed by atoms with E-state index < -0.39 is 5.91 Å². The van der Waals surface area contributed by atoms with Crippen molar-refractivity contribution in [1.82, 2.24) is 0 Å². The van der Waals surface area contributed by atoms with Crippen LogP contribution in [0.2, 0.25) is 0 Å². The molecule has 2 aliphatic rings. The monoisotopic (exact) mass is 189 g/mol. The van der Waals surface area contributed by atoms with E-state index in [0.29, 0.717) is 19.8 Å². The maximum atomic E-state index is 8.97. The van der Waals surface area contributed by atoms with Crippen molar-refractivity contribution in [3.05, 3.63) is 0 Å². The van der Waals surface area contributed by atoms with Gasteiger partial charge in [0.05, 0.1) is 6.61 Å². The summed E-state index contributed by atoms with van der Waals surface area (Å²) in [7, 11) is 0. The molecule has 0 amide bonds. The average molecular weight is 189 g/mol. The number of ether oxygens (including phenoxy) is 2. The van der Waals surface area contributed by atoms with Gasteiger partial charge < -0.3 is 19.1 Å². The molecule has 2 bridgehead atoms. The number of rotatable bonds is 2. The van der Waals surface area contributed by atoms with Gasteiger partial charge in [0.15, 0.2) is 0 Å². The molecule has 0 aromatic heterocycles. The minimum Gasteiger partial charge on any atom is -0.391 e. The van der Waals surface area contributed by atoms with Crippen LogP contribution in [0.15, 0.2) is 0 Å². The van der Waals surface area contributed by atoms with E-state index in [9.17, 15) is 0 Å². The van der Waals surface area contributed by atoms with Gasteiger partial charge in [0, 0.05) is 0 Å². The number of hydrogen-bond donors (Lipinski definition) is 2. The molecule has 76 valence electrons. The lowest BCUT2D eigenvalue weighted by Crippen LogP contribution is -2.72. The highest BCUT2D eigenvalue weighted by Gasteiger charge is 2.48. The molecule has 0 aromatic rings. The fraction of sp³-hybridized carbons (Fsp3) is 1.00. The fourth-order valence-corrected chi connectivity index (χ4v) is 2.21. The predicted octanol–water partition coefficient (Wildman–Crippen LogP) is -1.53. The molecule has 0 radical (unpaired) electrons. The number of quaternary nitrogens is 1. The molecule has 2 saturated heterocycles. The first-order valence-corrected chi connectivity index (χ1v) is 4.71. The highest BCUT2D eigenvalue weighted by atomic mass is 16.7. The molecule has 13 heavy (non-hydrogen) atoms. The van der Waals surface area contributed by atoms with Crippen LogP contribution in [0, 0.1) is 0 Å². The van der Waals surface area contributed by atoms with Gasteiger partial charge in [0.2, 0.25) is 0 Å². The van der Waals surface area contributed by atoms with Crippen LogP contribution in [0.3, 0.4) is 0 Å². The third kappa shape index (κ3) is 1.70. The maximum absolute atomic E-state index is 8.97. The van der Waals surface area contributed by atoms with E-state index in [4.69, 9.17) is 20.3 Å². The Labute approximate surface area is 77.6 Å². The Hall–Kier alpha value is -0.200. The zero-order valence-corrected chi connectivity index (χ0v) is 7.74. The molecule has 0 saturated carbocycles. The third-order valence-corrected chi connectivity index (χ3v) is 2.95. The minimum absolute atomic E-state index is 0.204. The van der Waals surface area contributed by atoms with E-state index >= 15 is 0 Å². The van der Waals surface area contributed by atoms with E-state index in [0.717, 1.165) is 24.1 Å². The quantitative estimate of drug-likeness (QED) is 0.517. The fourth-order valence-electron chi connectivity index (χ4n) is 2.21. The van der Waals surface area contributed by atoms with E-state index in [-0.39, 0.29) is 6.61 Å². The van der Waals surface area contributed by atoms with Crippen LogP contribution >= 0.6 is 0 Å². The number of nitrogens with zero attached hydrogens (tertiary/aromatic N) is 1. The second-order valence-corrected chi connectivity index (χ2v) is 3.90. The van der Waals surface area contributed by atoms with Crippen LogP contribution in [0.1, 0.15) is 0 Å². The molecule has 2 fully saturated rings. The molecule has 5 heteroatoms. The number of aliphatic hydroxyl groups is 1. The third-order valence-electron chi connectivity index (χ3n) is 2.95. The first kappa shape index (κ1) is 9.36. The van der Waals surface area contributed by atoms with Crippen molar-refractivity contribution in [1.29, 1.82) is 0 Å². The Morgan fingerprint density at radius 2 is 1.92 bits per heavy atom. The zero-order valence-electron chi connectivity index (χ0n) is 7.74. The molecule has 2 rings (SSSR count). The van der Waals surface area contributed by atoms with Crippen LogP contribution < -0.4 is 5.73 Å². The Bertz CT molecular complexity index is 182. The topological polar surface area (TPSA) is 64.7 Å². The smallest absolute Gasteiger partial charge is 0.277 e. The van der Waals surface area contributed by atoms with Gasteiger partial charge in [0.25, 0.3) is 5.91 Å². The molecule has 0 unspecified atom stereocenters. The van der Waals surface area contributed by atoms with Gasteiger partial charge in [-0.05, 0) is 0 Å². The summed E-state index contributed by atoms with van der Waals surface area (Å²) in [4.78, 5) is 0. The molecule has 0 atom stereocenters. The Kier molecular flexibility index (Phi) is 2.29. The summed E-state index contributed by atoms with van der Waals surface area (Å²) in [5, 5.41) is 8.97. The SMILES string of the molecule is NC12C[N+](CCO)(CCO1)CCO2. The summed E-state index contributed by atoms with van der Waals surface area (Å²) in [6.45, 7) is 4.73. The molecule has 2 heterocycles. The summed E-state index contributed by atoms with van der Waals surface area (Å²) in [6, 6.07) is 0. The first-order valence-electron chi connectivity index (χ1n) is 4.71. The van der Waals surface area contributed by atoms with Gasteiger partial charge in [-0.25, -0.2) is 0 Å². The van der Waals surface area contributed by atoms with Gasteiger partial charge in [-0.3, -0.25) is 5.73 Å². The molecular formula is C8H17N2O3+. The van der Waals surface area contributed by atoms with Gasteiger partial charge in [-0.15, -0.1) is 0 Å². The summed E-state index contributed by atoms with van der Waals surface area (Å²) >= 11 is 0. The maximum Gasteiger partial charge on any atom is 0.277 e. The number of fused-ring (bicyclic) bond motifs is 2. The molecule has 3 N–H and O–H groups in total. The summed E-state index contributed by atoms with van der Waals surface area (Å²) in [5.74, 6) is -0.897. The van der Waals surface area contributed by atoms with Crippen LogP contribution in [-0.4, -0.2) is 61.5 Å². The molecule has 0 aromatic carbocycles. The largest absolute Gasteiger partial charge is 0.391 e. The van der Waals surface area contributed by atoms with Crippen molar-refractivity contribution in [3.8, 4) is 0 Å². The van der Waals surface area contributed by atoms with Crippen LogP contribution in [-0.2, 0) is 9.47 Å². The van der Waals surface area contributed by atoms with E-state index in [2.05, 4.69) is 0 Å². The Morgan fingerprint density at radius 3 is 2.46 bits per heavy atom. The predicted molar refractivity (Wildman–Crippen MR) is 45.6 cm³/mol. The standard InChI is InChI=1S/C8H17N2O3/c9-8-7-10(1-4-11,2-5-12-8)3-6-13-8/h11H,1-7,9H2/q+1. The molecular weight excluding hydrogens is 172 g/mol. The number of morpholine rings is 2. The lowest BCUT2D eigenvalue weighted by atomic mass is 10.2. The minimum atomic E-state index is -0.897. The number of nitrogens with two attached hydrogens (primary N) is 1. The normalized spacial score (nSPS) is 44.8. The second-order valence-electron chi connectivity index (χ2n) is 3.90. The second kappa shape index (κ2) is 3.18. The number of aliphatic hydroxyl groups excluding tert-OH is 1. The molecule has 0 aliphatic carbocycles. The van der Waals surface area contributed by atoms with E-state index in [1.807, 2.05) is 0 Å². The highest BCUT2D eigenvalue weighted by Crippen LogP contribution is 2.25. The summed E-state index contributed by atoms with van der Waals surface area (Å²) < 4.78 is 11.6. The van der Waals surface area contributed by atoms with Crippen molar-refractivity contribution in [2.45, 2.75) is 5.91 Å². The molecule has 2 aliphatic heterocycles. The molecule has 5 nitrogen and oxygen atoms in total. The van der Waals surface area contributed by atoms with E-state index in [1.165, 1.54) is 0 Å².